The third-order valence-corrected chi connectivity index (χ3v) is 6.35. The SMILES string of the molecule is COC(=O)C1CCC(Oc2ccc(C(=O)Nc3nnc(Cc4ccccc4)s3)cc2)CC1. The van der Waals surface area contributed by atoms with E-state index in [-0.39, 0.29) is 23.9 Å². The molecule has 4 rings (SSSR count). The maximum Gasteiger partial charge on any atom is 0.308 e. The molecule has 0 spiro atoms. The monoisotopic (exact) mass is 451 g/mol. The molecule has 3 aromatic rings. The van der Waals surface area contributed by atoms with Gasteiger partial charge in [-0.15, -0.1) is 10.2 Å². The number of rotatable bonds is 7. The smallest absolute Gasteiger partial charge is 0.308 e. The van der Waals surface area contributed by atoms with Crippen LogP contribution in [0.25, 0.3) is 0 Å². The van der Waals surface area contributed by atoms with E-state index >= 15 is 0 Å². The molecule has 0 bridgehead atoms. The first kappa shape index (κ1) is 22.0. The summed E-state index contributed by atoms with van der Waals surface area (Å²) in [5.74, 6) is 0.308. The van der Waals surface area contributed by atoms with E-state index in [1.807, 2.05) is 30.3 Å². The van der Waals surface area contributed by atoms with Crippen LogP contribution < -0.4 is 10.1 Å². The van der Waals surface area contributed by atoms with Gasteiger partial charge >= 0.3 is 5.97 Å². The number of carbonyl (C=O) groups is 2. The van der Waals surface area contributed by atoms with Crippen molar-refractivity contribution in [1.82, 2.24) is 10.2 Å². The Morgan fingerprint density at radius 3 is 2.41 bits per heavy atom. The van der Waals surface area contributed by atoms with Crippen molar-refractivity contribution in [2.45, 2.75) is 38.2 Å². The molecule has 0 radical (unpaired) electrons. The summed E-state index contributed by atoms with van der Waals surface area (Å²) in [7, 11) is 1.43. The van der Waals surface area contributed by atoms with E-state index < -0.39 is 0 Å². The molecule has 0 aliphatic heterocycles. The summed E-state index contributed by atoms with van der Waals surface area (Å²) in [5, 5.41) is 12.4. The second kappa shape index (κ2) is 10.4. The Labute approximate surface area is 190 Å². The van der Waals surface area contributed by atoms with E-state index in [4.69, 9.17) is 9.47 Å². The lowest BCUT2D eigenvalue weighted by Crippen LogP contribution is -2.28. The van der Waals surface area contributed by atoms with Crippen LogP contribution in [0.1, 0.15) is 46.6 Å². The van der Waals surface area contributed by atoms with Gasteiger partial charge in [0.05, 0.1) is 19.1 Å². The topological polar surface area (TPSA) is 90.4 Å². The predicted octanol–water partition coefficient (Wildman–Crippen LogP) is 4.49. The molecule has 1 amide bonds. The zero-order valence-corrected chi connectivity index (χ0v) is 18.6. The lowest BCUT2D eigenvalue weighted by Gasteiger charge is -2.27. The lowest BCUT2D eigenvalue weighted by molar-refractivity contribution is -0.147. The second-order valence-electron chi connectivity index (χ2n) is 7.76. The molecular formula is C24H25N3O4S. The average molecular weight is 452 g/mol. The van der Waals surface area contributed by atoms with E-state index in [0.29, 0.717) is 22.9 Å². The summed E-state index contributed by atoms with van der Waals surface area (Å²) < 4.78 is 10.8. The zero-order valence-electron chi connectivity index (χ0n) is 17.8. The van der Waals surface area contributed by atoms with Gasteiger partial charge in [0.25, 0.3) is 5.91 Å². The van der Waals surface area contributed by atoms with Crippen molar-refractivity contribution < 1.29 is 19.1 Å². The van der Waals surface area contributed by atoms with Gasteiger partial charge in [0.1, 0.15) is 10.8 Å². The van der Waals surface area contributed by atoms with Crippen LogP contribution in [0.5, 0.6) is 5.75 Å². The Morgan fingerprint density at radius 1 is 1.00 bits per heavy atom. The molecule has 1 saturated carbocycles. The second-order valence-corrected chi connectivity index (χ2v) is 8.82. The van der Waals surface area contributed by atoms with E-state index in [1.165, 1.54) is 18.4 Å². The number of methoxy groups -OCH3 is 1. The fourth-order valence-electron chi connectivity index (χ4n) is 3.78. The van der Waals surface area contributed by atoms with E-state index in [0.717, 1.165) is 36.3 Å². The average Bonchev–Trinajstić information content (AvgIpc) is 3.26. The highest BCUT2D eigenvalue weighted by Gasteiger charge is 2.27. The maximum atomic E-state index is 12.6. The van der Waals surface area contributed by atoms with Crippen LogP contribution in [0, 0.1) is 5.92 Å². The Hall–Kier alpha value is -3.26. The fraction of sp³-hybridized carbons (Fsp3) is 0.333. The standard InChI is InChI=1S/C24H25N3O4S/c1-30-23(29)18-9-13-20(14-10-18)31-19-11-7-17(8-12-19)22(28)25-24-27-26-21(32-24)15-16-5-3-2-4-6-16/h2-8,11-12,18,20H,9-10,13-15H2,1H3,(H,25,27,28). The number of carbonyl (C=O) groups excluding carboxylic acids is 2. The van der Waals surface area contributed by atoms with Crippen LogP contribution >= 0.6 is 11.3 Å². The summed E-state index contributed by atoms with van der Waals surface area (Å²) in [6, 6.07) is 17.1. The van der Waals surface area contributed by atoms with Crippen molar-refractivity contribution >= 4 is 28.3 Å². The first-order valence-corrected chi connectivity index (χ1v) is 11.4. The molecule has 1 aromatic heterocycles. The lowest BCUT2D eigenvalue weighted by atomic mass is 9.87. The summed E-state index contributed by atoms with van der Waals surface area (Å²) >= 11 is 1.37. The Kier molecular flexibility index (Phi) is 7.11. The van der Waals surface area contributed by atoms with Gasteiger partial charge in [-0.2, -0.15) is 0 Å². The Bertz CT molecular complexity index is 1040. The Balaban J connectivity index is 1.28. The number of nitrogens with zero attached hydrogens (tertiary/aromatic N) is 2. The van der Waals surface area contributed by atoms with Crippen molar-refractivity contribution in [3.63, 3.8) is 0 Å². The van der Waals surface area contributed by atoms with Crippen LogP contribution in [0.3, 0.4) is 0 Å². The van der Waals surface area contributed by atoms with Gasteiger partial charge in [0, 0.05) is 12.0 Å². The van der Waals surface area contributed by atoms with E-state index in [2.05, 4.69) is 15.5 Å². The number of hydrogen-bond acceptors (Lipinski definition) is 7. The third kappa shape index (κ3) is 5.70. The number of esters is 1. The van der Waals surface area contributed by atoms with Crippen molar-refractivity contribution in [3.8, 4) is 5.75 Å². The molecule has 0 saturated heterocycles. The van der Waals surface area contributed by atoms with Crippen molar-refractivity contribution in [3.05, 3.63) is 70.7 Å². The van der Waals surface area contributed by atoms with Crippen LogP contribution in [0.4, 0.5) is 5.13 Å². The van der Waals surface area contributed by atoms with Crippen LogP contribution in [0.15, 0.2) is 54.6 Å². The maximum absolute atomic E-state index is 12.6. The first-order chi connectivity index (χ1) is 15.6. The van der Waals surface area contributed by atoms with Crippen LogP contribution in [-0.4, -0.2) is 35.3 Å². The molecule has 0 unspecified atom stereocenters. The molecule has 1 aliphatic rings. The number of benzene rings is 2. The summed E-state index contributed by atoms with van der Waals surface area (Å²) in [6.45, 7) is 0. The molecule has 166 valence electrons. The van der Waals surface area contributed by atoms with E-state index in [9.17, 15) is 9.59 Å². The van der Waals surface area contributed by atoms with E-state index in [1.54, 1.807) is 24.3 Å². The van der Waals surface area contributed by atoms with Crippen molar-refractivity contribution in [1.29, 1.82) is 0 Å². The van der Waals surface area contributed by atoms with Gasteiger partial charge in [-0.3, -0.25) is 14.9 Å². The summed E-state index contributed by atoms with van der Waals surface area (Å²) in [5.41, 5.74) is 1.67. The van der Waals surface area contributed by atoms with Gasteiger partial charge < -0.3 is 9.47 Å². The van der Waals surface area contributed by atoms with Crippen molar-refractivity contribution in [2.75, 3.05) is 12.4 Å². The minimum Gasteiger partial charge on any atom is -0.490 e. The van der Waals surface area contributed by atoms with Gasteiger partial charge in [-0.25, -0.2) is 0 Å². The quantitative estimate of drug-likeness (QED) is 0.532. The molecule has 1 heterocycles. The van der Waals surface area contributed by atoms with Crippen LogP contribution in [-0.2, 0) is 16.0 Å². The molecule has 32 heavy (non-hydrogen) atoms. The first-order valence-electron chi connectivity index (χ1n) is 10.6. The highest BCUT2D eigenvalue weighted by molar-refractivity contribution is 7.15. The zero-order chi connectivity index (χ0) is 22.3. The molecule has 0 atom stereocenters. The van der Waals surface area contributed by atoms with Crippen LogP contribution in [0.2, 0.25) is 0 Å². The fourth-order valence-corrected chi connectivity index (χ4v) is 4.54. The molecule has 2 aromatic carbocycles. The number of nitrogens with one attached hydrogen (secondary N) is 1. The molecule has 1 fully saturated rings. The molecule has 1 aliphatic carbocycles. The van der Waals surface area contributed by atoms with Gasteiger partial charge in [0.15, 0.2) is 0 Å². The van der Waals surface area contributed by atoms with Gasteiger partial charge in [-0.1, -0.05) is 41.7 Å². The van der Waals surface area contributed by atoms with Gasteiger partial charge in [-0.05, 0) is 55.5 Å². The largest absolute Gasteiger partial charge is 0.490 e. The number of amides is 1. The highest BCUT2D eigenvalue weighted by atomic mass is 32.1. The molecule has 1 N–H and O–H groups in total. The summed E-state index contributed by atoms with van der Waals surface area (Å²) in [4.78, 5) is 24.2. The Morgan fingerprint density at radius 2 is 1.72 bits per heavy atom. The normalized spacial score (nSPS) is 18.0. The third-order valence-electron chi connectivity index (χ3n) is 5.51. The van der Waals surface area contributed by atoms with Gasteiger partial charge in [0.2, 0.25) is 5.13 Å². The number of anilines is 1. The number of hydrogen-bond donors (Lipinski definition) is 1. The van der Waals surface area contributed by atoms with Crippen molar-refractivity contribution in [2.24, 2.45) is 5.92 Å². The molecule has 7 nitrogen and oxygen atoms in total. The predicted molar refractivity (Wildman–Crippen MR) is 122 cm³/mol. The minimum atomic E-state index is -0.238. The molecule has 8 heteroatoms. The number of ether oxygens (including phenoxy) is 2. The minimum absolute atomic E-state index is 0.0283. The number of aromatic nitrogens is 2. The molecular weight excluding hydrogens is 426 g/mol. The summed E-state index contributed by atoms with van der Waals surface area (Å²) in [6.07, 6.45) is 3.91. The highest BCUT2D eigenvalue weighted by Crippen LogP contribution is 2.28.